The minimum absolute atomic E-state index is 0.246. The molecule has 0 saturated carbocycles. The highest BCUT2D eigenvalue weighted by Crippen LogP contribution is 2.24. The van der Waals surface area contributed by atoms with Gasteiger partial charge in [-0.2, -0.15) is 0 Å². The molecule has 0 amide bonds. The van der Waals surface area contributed by atoms with E-state index in [2.05, 4.69) is 20.9 Å². The van der Waals surface area contributed by atoms with E-state index in [0.29, 0.717) is 23.4 Å². The van der Waals surface area contributed by atoms with Crippen LogP contribution in [0.2, 0.25) is 5.15 Å². The second-order valence-electron chi connectivity index (χ2n) is 6.49. The van der Waals surface area contributed by atoms with Crippen molar-refractivity contribution in [2.75, 3.05) is 23.7 Å². The quantitative estimate of drug-likeness (QED) is 0.692. The fourth-order valence-corrected chi connectivity index (χ4v) is 3.29. The third-order valence-corrected chi connectivity index (χ3v) is 4.74. The first-order valence-corrected chi connectivity index (χ1v) is 9.12. The molecule has 25 heavy (non-hydrogen) atoms. The molecular weight excluding hydrogens is 339 g/mol. The van der Waals surface area contributed by atoms with E-state index in [0.717, 1.165) is 36.3 Å². The number of halogens is 2. The van der Waals surface area contributed by atoms with Gasteiger partial charge >= 0.3 is 0 Å². The van der Waals surface area contributed by atoms with Gasteiger partial charge in [-0.3, -0.25) is 0 Å². The second-order valence-corrected chi connectivity index (χ2v) is 6.88. The Hall–Kier alpha value is -1.85. The van der Waals surface area contributed by atoms with Gasteiger partial charge in [0.05, 0.1) is 5.69 Å². The normalized spacial score (nSPS) is 17.8. The molecule has 1 atom stereocenters. The zero-order valence-electron chi connectivity index (χ0n) is 14.4. The van der Waals surface area contributed by atoms with Crippen LogP contribution in [-0.4, -0.2) is 24.1 Å². The summed E-state index contributed by atoms with van der Waals surface area (Å²) < 4.78 is 14.0. The summed E-state index contributed by atoms with van der Waals surface area (Å²) in [6.07, 6.45) is 5.27. The first kappa shape index (κ1) is 18.0. The van der Waals surface area contributed by atoms with E-state index < -0.39 is 0 Å². The van der Waals surface area contributed by atoms with Crippen molar-refractivity contribution >= 4 is 23.0 Å². The van der Waals surface area contributed by atoms with E-state index in [9.17, 15) is 4.39 Å². The van der Waals surface area contributed by atoms with E-state index in [1.165, 1.54) is 18.9 Å². The first-order chi connectivity index (χ1) is 12.1. The molecule has 0 bridgehead atoms. The summed E-state index contributed by atoms with van der Waals surface area (Å²) in [5.74, 6) is -0.246. The number of pyridine rings is 1. The Bertz CT molecular complexity index is 694. The predicted molar refractivity (Wildman–Crippen MR) is 102 cm³/mol. The van der Waals surface area contributed by atoms with Gasteiger partial charge in [-0.25, -0.2) is 9.37 Å². The molecule has 134 valence electrons. The molecule has 0 unspecified atom stereocenters. The lowest BCUT2D eigenvalue weighted by Crippen LogP contribution is -2.31. The van der Waals surface area contributed by atoms with Gasteiger partial charge in [0.1, 0.15) is 11.0 Å². The highest BCUT2D eigenvalue weighted by atomic mass is 35.5. The smallest absolute Gasteiger partial charge is 0.146 e. The number of nitrogens with zero attached hydrogens (tertiary/aromatic N) is 1. The van der Waals surface area contributed by atoms with Gasteiger partial charge in [0.2, 0.25) is 0 Å². The number of aromatic nitrogens is 1. The lowest BCUT2D eigenvalue weighted by Gasteiger charge is -2.21. The Morgan fingerprint density at radius 2 is 2.24 bits per heavy atom. The van der Waals surface area contributed by atoms with Gasteiger partial charge in [-0.1, -0.05) is 30.2 Å². The first-order valence-electron chi connectivity index (χ1n) is 8.74. The zero-order valence-corrected chi connectivity index (χ0v) is 15.2. The number of nitrogens with one attached hydrogen (secondary N) is 3. The fourth-order valence-electron chi connectivity index (χ4n) is 3.14. The van der Waals surface area contributed by atoms with Crippen molar-refractivity contribution in [2.45, 2.75) is 38.8 Å². The SMILES string of the molecule is Cc1cccc(F)c1NCc1cnc(Cl)cc1N[C@@H]1CCCCNC1. The average Bonchev–Trinajstić information content (AvgIpc) is 2.85. The van der Waals surface area contributed by atoms with Crippen molar-refractivity contribution in [2.24, 2.45) is 0 Å². The predicted octanol–water partition coefficient (Wildman–Crippen LogP) is 4.35. The minimum Gasteiger partial charge on any atom is -0.381 e. The van der Waals surface area contributed by atoms with E-state index >= 15 is 0 Å². The molecule has 3 rings (SSSR count). The fraction of sp³-hybridized carbons (Fsp3) is 0.421. The van der Waals surface area contributed by atoms with Gasteiger partial charge < -0.3 is 16.0 Å². The van der Waals surface area contributed by atoms with Crippen LogP contribution < -0.4 is 16.0 Å². The van der Waals surface area contributed by atoms with Crippen LogP contribution in [0.25, 0.3) is 0 Å². The molecule has 1 aromatic heterocycles. The van der Waals surface area contributed by atoms with Crippen molar-refractivity contribution < 1.29 is 4.39 Å². The topological polar surface area (TPSA) is 49.0 Å². The molecule has 1 fully saturated rings. The molecule has 1 aliphatic rings. The number of hydrogen-bond acceptors (Lipinski definition) is 4. The lowest BCUT2D eigenvalue weighted by atomic mass is 10.1. The highest BCUT2D eigenvalue weighted by molar-refractivity contribution is 6.29. The maximum atomic E-state index is 14.0. The van der Waals surface area contributed by atoms with Crippen LogP contribution in [0.4, 0.5) is 15.8 Å². The maximum Gasteiger partial charge on any atom is 0.146 e. The van der Waals surface area contributed by atoms with Gasteiger partial charge in [-0.15, -0.1) is 0 Å². The van der Waals surface area contributed by atoms with E-state index in [-0.39, 0.29) is 5.82 Å². The van der Waals surface area contributed by atoms with Gasteiger partial charge in [-0.05, 0) is 44.0 Å². The van der Waals surface area contributed by atoms with Crippen LogP contribution in [0, 0.1) is 12.7 Å². The Kier molecular flexibility index (Phi) is 6.10. The number of anilines is 2. The van der Waals surface area contributed by atoms with Crippen molar-refractivity contribution in [3.63, 3.8) is 0 Å². The molecule has 3 N–H and O–H groups in total. The monoisotopic (exact) mass is 362 g/mol. The third-order valence-electron chi connectivity index (χ3n) is 4.54. The van der Waals surface area contributed by atoms with Crippen LogP contribution in [0.5, 0.6) is 0 Å². The average molecular weight is 363 g/mol. The molecular formula is C19H24ClFN4. The molecule has 0 aliphatic carbocycles. The van der Waals surface area contributed by atoms with E-state index in [1.807, 2.05) is 19.1 Å². The lowest BCUT2D eigenvalue weighted by molar-refractivity contribution is 0.628. The van der Waals surface area contributed by atoms with Crippen molar-refractivity contribution in [3.05, 3.63) is 52.6 Å². The van der Waals surface area contributed by atoms with Gasteiger partial charge in [0.15, 0.2) is 0 Å². The molecule has 2 heterocycles. The standard InChI is InChI=1S/C19H24ClFN4/c1-13-5-4-7-16(21)19(13)24-11-14-10-23-18(20)9-17(14)25-15-6-2-3-8-22-12-15/h4-5,7,9-10,15,22,24H,2-3,6,8,11-12H2,1H3,(H,23,25)/t15-/m1/s1. The van der Waals surface area contributed by atoms with E-state index in [1.54, 1.807) is 12.3 Å². The molecule has 4 nitrogen and oxygen atoms in total. The second kappa shape index (κ2) is 8.50. The molecule has 1 saturated heterocycles. The summed E-state index contributed by atoms with van der Waals surface area (Å²) in [6.45, 7) is 4.37. The number of para-hydroxylation sites is 1. The zero-order chi connectivity index (χ0) is 17.6. The molecule has 0 spiro atoms. The Morgan fingerprint density at radius 3 is 3.08 bits per heavy atom. The largest absolute Gasteiger partial charge is 0.381 e. The third kappa shape index (κ3) is 4.83. The van der Waals surface area contributed by atoms with Crippen molar-refractivity contribution in [1.29, 1.82) is 0 Å². The Balaban J connectivity index is 1.74. The van der Waals surface area contributed by atoms with Crippen LogP contribution in [0.3, 0.4) is 0 Å². The number of rotatable bonds is 5. The van der Waals surface area contributed by atoms with E-state index in [4.69, 9.17) is 11.6 Å². The number of aryl methyl sites for hydroxylation is 1. The Morgan fingerprint density at radius 1 is 1.36 bits per heavy atom. The number of benzene rings is 1. The van der Waals surface area contributed by atoms with Crippen LogP contribution in [0.1, 0.15) is 30.4 Å². The van der Waals surface area contributed by atoms with Gasteiger partial charge in [0.25, 0.3) is 0 Å². The molecule has 1 aromatic carbocycles. The number of hydrogen-bond donors (Lipinski definition) is 3. The van der Waals surface area contributed by atoms with Crippen LogP contribution >= 0.6 is 11.6 Å². The summed E-state index contributed by atoms with van der Waals surface area (Å²) in [4.78, 5) is 4.18. The summed E-state index contributed by atoms with van der Waals surface area (Å²) in [5.41, 5.74) is 3.33. The van der Waals surface area contributed by atoms with Crippen molar-refractivity contribution in [1.82, 2.24) is 10.3 Å². The van der Waals surface area contributed by atoms with Crippen molar-refractivity contribution in [3.8, 4) is 0 Å². The summed E-state index contributed by atoms with van der Waals surface area (Å²) in [7, 11) is 0. The van der Waals surface area contributed by atoms with Gasteiger partial charge in [0, 0.05) is 36.6 Å². The summed E-state index contributed by atoms with van der Waals surface area (Å²) in [5, 5.41) is 10.7. The van der Waals surface area contributed by atoms with Crippen LogP contribution in [0.15, 0.2) is 30.5 Å². The Labute approximate surface area is 153 Å². The highest BCUT2D eigenvalue weighted by Gasteiger charge is 2.14. The molecule has 0 radical (unpaired) electrons. The van der Waals surface area contributed by atoms with Crippen LogP contribution in [-0.2, 0) is 6.54 Å². The molecule has 6 heteroatoms. The summed E-state index contributed by atoms with van der Waals surface area (Å²) >= 11 is 6.09. The molecule has 1 aliphatic heterocycles. The molecule has 2 aromatic rings. The maximum absolute atomic E-state index is 14.0. The minimum atomic E-state index is -0.246. The summed E-state index contributed by atoms with van der Waals surface area (Å²) in [6, 6.07) is 7.27.